The number of hydrogen-bond acceptors (Lipinski definition) is 4. The molecule has 0 aliphatic rings. The normalized spacial score (nSPS) is 11.9. The molecule has 3 N–H and O–H groups in total. The molecule has 2 aromatic rings. The Hall–Kier alpha value is -2.06. The zero-order chi connectivity index (χ0) is 21.6. The van der Waals surface area contributed by atoms with Gasteiger partial charge in [-0.05, 0) is 61.6 Å². The number of nitrogens with one attached hydrogen (secondary N) is 3. The zero-order valence-electron chi connectivity index (χ0n) is 15.5. The molecule has 2 rings (SSSR count). The second-order valence-corrected chi connectivity index (χ2v) is 8.69. The molecule has 0 unspecified atom stereocenters. The molecular weight excluding hydrogens is 457 g/mol. The van der Waals surface area contributed by atoms with E-state index >= 15 is 0 Å². The van der Waals surface area contributed by atoms with Crippen LogP contribution in [0.15, 0.2) is 48.5 Å². The molecule has 0 aromatic heterocycles. The third-order valence-electron chi connectivity index (χ3n) is 3.76. The molecule has 0 radical (unpaired) electrons. The van der Waals surface area contributed by atoms with Gasteiger partial charge in [0.15, 0.2) is 10.9 Å². The van der Waals surface area contributed by atoms with E-state index in [1.807, 2.05) is 0 Å². The molecule has 0 spiro atoms. The first-order valence-corrected chi connectivity index (χ1v) is 9.84. The monoisotopic (exact) mass is 473 g/mol. The Morgan fingerprint density at radius 3 is 2.24 bits per heavy atom. The lowest BCUT2D eigenvalue weighted by atomic mass is 10.1. The maximum Gasteiger partial charge on any atom is 0.253 e. The van der Waals surface area contributed by atoms with Crippen LogP contribution in [0.1, 0.15) is 27.6 Å². The Balaban J connectivity index is 2.07. The molecular formula is C19H18Cl3N3O3S. The van der Waals surface area contributed by atoms with Crippen LogP contribution in [0.25, 0.3) is 0 Å². The van der Waals surface area contributed by atoms with Gasteiger partial charge in [-0.15, -0.1) is 0 Å². The largest absolute Gasteiger partial charge is 0.497 e. The summed E-state index contributed by atoms with van der Waals surface area (Å²) >= 11 is 23.2. The quantitative estimate of drug-likeness (QED) is 0.251. The number of ether oxygens (including phenoxy) is 1. The van der Waals surface area contributed by atoms with Crippen molar-refractivity contribution >= 4 is 69.5 Å². The number of benzene rings is 2. The minimum absolute atomic E-state index is 0.0474. The van der Waals surface area contributed by atoms with E-state index in [4.69, 9.17) is 51.8 Å². The van der Waals surface area contributed by atoms with Crippen molar-refractivity contribution in [1.82, 2.24) is 10.6 Å². The summed E-state index contributed by atoms with van der Waals surface area (Å²) in [7, 11) is 1.50. The van der Waals surface area contributed by atoms with Crippen molar-refractivity contribution in [2.24, 2.45) is 0 Å². The van der Waals surface area contributed by atoms with Gasteiger partial charge in [0.05, 0.1) is 7.11 Å². The maximum atomic E-state index is 12.5. The number of thiocarbonyl (C=S) groups is 1. The van der Waals surface area contributed by atoms with Gasteiger partial charge in [-0.1, -0.05) is 40.9 Å². The van der Waals surface area contributed by atoms with Crippen molar-refractivity contribution in [3.05, 3.63) is 59.7 Å². The summed E-state index contributed by atoms with van der Waals surface area (Å²) in [4.78, 5) is 23.9. The van der Waals surface area contributed by atoms with Crippen LogP contribution in [0.5, 0.6) is 5.75 Å². The molecule has 0 aliphatic heterocycles. The first-order chi connectivity index (χ1) is 13.6. The smallest absolute Gasteiger partial charge is 0.253 e. The number of methoxy groups -OCH3 is 1. The standard InChI is InChI=1S/C19H18Cl3N3O3S/c1-11(26)12-6-8-14(9-7-12)23-18(29)25-17(19(20,21)22)24-16(27)13-4-3-5-15(10-13)28-2/h3-10,17H,1-2H3,(H,24,27)(H2,23,25,29)/t17-/m1/s1. The summed E-state index contributed by atoms with van der Waals surface area (Å²) in [6.45, 7) is 1.48. The number of alkyl halides is 3. The van der Waals surface area contributed by atoms with Gasteiger partial charge in [-0.3, -0.25) is 9.59 Å². The molecule has 1 atom stereocenters. The van der Waals surface area contributed by atoms with Crippen LogP contribution in [-0.2, 0) is 0 Å². The Bertz CT molecular complexity index is 902. The van der Waals surface area contributed by atoms with Crippen molar-refractivity contribution in [2.45, 2.75) is 16.9 Å². The Labute approximate surface area is 188 Å². The van der Waals surface area contributed by atoms with Crippen LogP contribution in [0, 0.1) is 0 Å². The fourth-order valence-corrected chi connectivity index (χ4v) is 2.83. The number of carbonyl (C=O) groups is 2. The fraction of sp³-hybridized carbons (Fsp3) is 0.211. The average Bonchev–Trinajstić information content (AvgIpc) is 2.67. The van der Waals surface area contributed by atoms with Crippen LogP contribution >= 0.6 is 47.0 Å². The van der Waals surface area contributed by atoms with Gasteiger partial charge in [-0.2, -0.15) is 0 Å². The highest BCUT2D eigenvalue weighted by atomic mass is 35.6. The number of Topliss-reactive ketones (excluding diaryl/α,β-unsaturated/α-hetero) is 1. The molecule has 0 aliphatic carbocycles. The highest BCUT2D eigenvalue weighted by molar-refractivity contribution is 7.80. The van der Waals surface area contributed by atoms with Crippen LogP contribution in [-0.4, -0.2) is 33.9 Å². The van der Waals surface area contributed by atoms with Crippen LogP contribution in [0.2, 0.25) is 0 Å². The van der Waals surface area contributed by atoms with Gasteiger partial charge in [0, 0.05) is 16.8 Å². The van der Waals surface area contributed by atoms with Gasteiger partial charge in [0.1, 0.15) is 11.9 Å². The predicted molar refractivity (Wildman–Crippen MR) is 120 cm³/mol. The third-order valence-corrected chi connectivity index (χ3v) is 4.63. The van der Waals surface area contributed by atoms with Crippen molar-refractivity contribution in [3.63, 3.8) is 0 Å². The summed E-state index contributed by atoms with van der Waals surface area (Å²) in [5.74, 6) is -0.0163. The number of carbonyl (C=O) groups excluding carboxylic acids is 2. The average molecular weight is 475 g/mol. The molecule has 6 nitrogen and oxygen atoms in total. The summed E-state index contributed by atoms with van der Waals surface area (Å²) < 4.78 is 3.22. The van der Waals surface area contributed by atoms with Crippen molar-refractivity contribution < 1.29 is 14.3 Å². The fourth-order valence-electron chi connectivity index (χ4n) is 2.27. The molecule has 2 aromatic carbocycles. The highest BCUT2D eigenvalue weighted by Crippen LogP contribution is 2.29. The second-order valence-electron chi connectivity index (χ2n) is 5.91. The maximum absolute atomic E-state index is 12.5. The van der Waals surface area contributed by atoms with Crippen LogP contribution in [0.4, 0.5) is 5.69 Å². The second kappa shape index (κ2) is 10.1. The van der Waals surface area contributed by atoms with E-state index in [0.29, 0.717) is 22.6 Å². The summed E-state index contributed by atoms with van der Waals surface area (Å²) in [6, 6.07) is 13.2. The first kappa shape index (κ1) is 23.2. The van der Waals surface area contributed by atoms with E-state index in [9.17, 15) is 9.59 Å². The van der Waals surface area contributed by atoms with Gasteiger partial charge in [0.25, 0.3) is 5.91 Å². The topological polar surface area (TPSA) is 79.5 Å². The number of halogens is 3. The Kier molecular flexibility index (Phi) is 8.10. The van der Waals surface area contributed by atoms with Gasteiger partial charge in [0.2, 0.25) is 3.79 Å². The van der Waals surface area contributed by atoms with Gasteiger partial charge in [-0.25, -0.2) is 0 Å². The molecule has 0 heterocycles. The summed E-state index contributed by atoms with van der Waals surface area (Å²) in [5, 5.41) is 8.38. The molecule has 0 fully saturated rings. The zero-order valence-corrected chi connectivity index (χ0v) is 18.5. The summed E-state index contributed by atoms with van der Waals surface area (Å²) in [5.41, 5.74) is 1.51. The predicted octanol–water partition coefficient (Wildman–Crippen LogP) is 4.31. The lowest BCUT2D eigenvalue weighted by Crippen LogP contribution is -2.56. The van der Waals surface area contributed by atoms with Gasteiger partial charge >= 0.3 is 0 Å². The highest BCUT2D eigenvalue weighted by Gasteiger charge is 2.35. The van der Waals surface area contributed by atoms with Crippen molar-refractivity contribution in [3.8, 4) is 5.75 Å². The van der Waals surface area contributed by atoms with Crippen molar-refractivity contribution in [1.29, 1.82) is 0 Å². The van der Waals surface area contributed by atoms with E-state index in [2.05, 4.69) is 16.0 Å². The van der Waals surface area contributed by atoms with Crippen LogP contribution in [0.3, 0.4) is 0 Å². The van der Waals surface area contributed by atoms with E-state index in [1.54, 1.807) is 48.5 Å². The van der Waals surface area contributed by atoms with E-state index in [-0.39, 0.29) is 10.9 Å². The van der Waals surface area contributed by atoms with E-state index < -0.39 is 15.9 Å². The van der Waals surface area contributed by atoms with E-state index in [1.165, 1.54) is 14.0 Å². The third kappa shape index (κ3) is 7.04. The molecule has 0 bridgehead atoms. The number of ketones is 1. The minimum Gasteiger partial charge on any atom is -0.497 e. The lowest BCUT2D eigenvalue weighted by Gasteiger charge is -2.27. The number of amides is 1. The number of anilines is 1. The molecule has 10 heteroatoms. The number of rotatable bonds is 6. The molecule has 1 amide bonds. The molecule has 0 saturated heterocycles. The minimum atomic E-state index is -1.89. The van der Waals surface area contributed by atoms with Crippen molar-refractivity contribution in [2.75, 3.05) is 12.4 Å². The van der Waals surface area contributed by atoms with Crippen LogP contribution < -0.4 is 20.7 Å². The summed E-state index contributed by atoms with van der Waals surface area (Å²) in [6.07, 6.45) is -1.12. The Morgan fingerprint density at radius 2 is 1.69 bits per heavy atom. The number of hydrogen-bond donors (Lipinski definition) is 3. The molecule has 29 heavy (non-hydrogen) atoms. The molecule has 0 saturated carbocycles. The first-order valence-electron chi connectivity index (χ1n) is 8.30. The molecule has 154 valence electrons. The van der Waals surface area contributed by atoms with Gasteiger partial charge < -0.3 is 20.7 Å². The SMILES string of the molecule is COc1cccc(C(=O)N[C@H](NC(=S)Nc2ccc(C(C)=O)cc2)C(Cl)(Cl)Cl)c1. The van der Waals surface area contributed by atoms with E-state index in [0.717, 1.165) is 0 Å². The Morgan fingerprint density at radius 1 is 1.03 bits per heavy atom. The lowest BCUT2D eigenvalue weighted by molar-refractivity contribution is 0.0933.